The maximum absolute atomic E-state index is 5.78. The van der Waals surface area contributed by atoms with Crippen LogP contribution in [-0.4, -0.2) is 9.38 Å². The van der Waals surface area contributed by atoms with E-state index in [1.165, 1.54) is 11.1 Å². The molecule has 20 heavy (non-hydrogen) atoms. The predicted octanol–water partition coefficient (Wildman–Crippen LogP) is 3.63. The van der Waals surface area contributed by atoms with Crippen molar-refractivity contribution >= 4 is 11.3 Å². The first-order chi connectivity index (χ1) is 9.61. The van der Waals surface area contributed by atoms with Gasteiger partial charge in [-0.05, 0) is 29.2 Å². The van der Waals surface area contributed by atoms with E-state index in [0.29, 0.717) is 5.92 Å². The number of hydrogen-bond acceptors (Lipinski definition) is 2. The number of pyridine rings is 1. The van der Waals surface area contributed by atoms with Gasteiger partial charge in [-0.2, -0.15) is 0 Å². The van der Waals surface area contributed by atoms with Gasteiger partial charge in [0.25, 0.3) is 0 Å². The highest BCUT2D eigenvalue weighted by Crippen LogP contribution is 2.17. The SMILES string of the molecule is CC(C)c1ccc(Cc2cn3cc(N)ccc3n2)cc1. The molecule has 3 heteroatoms. The van der Waals surface area contributed by atoms with Crippen LogP contribution in [0.2, 0.25) is 0 Å². The third-order valence-electron chi connectivity index (χ3n) is 3.56. The Balaban J connectivity index is 1.85. The zero-order valence-corrected chi connectivity index (χ0v) is 11.9. The summed E-state index contributed by atoms with van der Waals surface area (Å²) in [6, 6.07) is 12.6. The summed E-state index contributed by atoms with van der Waals surface area (Å²) >= 11 is 0. The lowest BCUT2D eigenvalue weighted by molar-refractivity contribution is 0.865. The number of aromatic nitrogens is 2. The molecule has 3 aromatic rings. The van der Waals surface area contributed by atoms with Gasteiger partial charge in [-0.15, -0.1) is 0 Å². The van der Waals surface area contributed by atoms with E-state index in [2.05, 4.69) is 43.1 Å². The van der Waals surface area contributed by atoms with E-state index in [1.807, 2.05) is 28.9 Å². The molecule has 1 aromatic carbocycles. The highest BCUT2D eigenvalue weighted by Gasteiger charge is 2.04. The van der Waals surface area contributed by atoms with Crippen LogP contribution in [0.3, 0.4) is 0 Å². The van der Waals surface area contributed by atoms with E-state index >= 15 is 0 Å². The Bertz CT molecular complexity index is 724. The molecule has 2 heterocycles. The highest BCUT2D eigenvalue weighted by molar-refractivity contribution is 5.48. The molecule has 0 spiro atoms. The van der Waals surface area contributed by atoms with Crippen molar-refractivity contribution in [3.8, 4) is 0 Å². The molecule has 102 valence electrons. The van der Waals surface area contributed by atoms with E-state index in [4.69, 9.17) is 5.73 Å². The quantitative estimate of drug-likeness (QED) is 0.785. The number of benzene rings is 1. The lowest BCUT2D eigenvalue weighted by Gasteiger charge is -2.05. The minimum atomic E-state index is 0.571. The van der Waals surface area contributed by atoms with Crippen molar-refractivity contribution in [2.45, 2.75) is 26.2 Å². The smallest absolute Gasteiger partial charge is 0.137 e. The second kappa shape index (κ2) is 5.00. The number of anilines is 1. The van der Waals surface area contributed by atoms with Crippen LogP contribution < -0.4 is 5.73 Å². The van der Waals surface area contributed by atoms with Crippen LogP contribution in [0.25, 0.3) is 5.65 Å². The second-order valence-electron chi connectivity index (χ2n) is 5.53. The molecule has 2 aromatic heterocycles. The maximum atomic E-state index is 5.78. The molecule has 0 aliphatic rings. The summed E-state index contributed by atoms with van der Waals surface area (Å²) in [6.45, 7) is 4.42. The third kappa shape index (κ3) is 2.52. The lowest BCUT2D eigenvalue weighted by Crippen LogP contribution is -1.91. The lowest BCUT2D eigenvalue weighted by atomic mass is 10.0. The van der Waals surface area contributed by atoms with Crippen LogP contribution in [-0.2, 0) is 6.42 Å². The monoisotopic (exact) mass is 265 g/mol. The van der Waals surface area contributed by atoms with Gasteiger partial charge in [0.2, 0.25) is 0 Å². The Kier molecular flexibility index (Phi) is 3.18. The predicted molar refractivity (Wildman–Crippen MR) is 82.9 cm³/mol. The van der Waals surface area contributed by atoms with Crippen molar-refractivity contribution in [2.24, 2.45) is 0 Å². The second-order valence-corrected chi connectivity index (χ2v) is 5.53. The van der Waals surface area contributed by atoms with E-state index in [9.17, 15) is 0 Å². The van der Waals surface area contributed by atoms with Crippen molar-refractivity contribution in [3.05, 3.63) is 65.6 Å². The molecule has 3 rings (SSSR count). The first kappa shape index (κ1) is 12.7. The molecule has 0 fully saturated rings. The van der Waals surface area contributed by atoms with Crippen LogP contribution in [0.15, 0.2) is 48.8 Å². The molecule has 0 atom stereocenters. The summed E-state index contributed by atoms with van der Waals surface area (Å²) in [5, 5.41) is 0. The topological polar surface area (TPSA) is 43.3 Å². The largest absolute Gasteiger partial charge is 0.398 e. The fourth-order valence-corrected chi connectivity index (χ4v) is 2.38. The van der Waals surface area contributed by atoms with Crippen molar-refractivity contribution in [1.82, 2.24) is 9.38 Å². The number of nitrogen functional groups attached to an aromatic ring is 1. The minimum Gasteiger partial charge on any atom is -0.398 e. The van der Waals surface area contributed by atoms with E-state index in [1.54, 1.807) is 0 Å². The molecule has 2 N–H and O–H groups in total. The fourth-order valence-electron chi connectivity index (χ4n) is 2.38. The summed E-state index contributed by atoms with van der Waals surface area (Å²) in [4.78, 5) is 4.61. The van der Waals surface area contributed by atoms with E-state index in [0.717, 1.165) is 23.4 Å². The van der Waals surface area contributed by atoms with Crippen LogP contribution in [0.1, 0.15) is 36.6 Å². The normalized spacial score (nSPS) is 11.3. The van der Waals surface area contributed by atoms with E-state index < -0.39 is 0 Å². The zero-order valence-electron chi connectivity index (χ0n) is 11.9. The molecule has 0 radical (unpaired) electrons. The molecule has 0 unspecified atom stereocenters. The average molecular weight is 265 g/mol. The average Bonchev–Trinajstić information content (AvgIpc) is 2.80. The number of nitrogens with two attached hydrogens (primary N) is 1. The van der Waals surface area contributed by atoms with Crippen LogP contribution in [0, 0.1) is 0 Å². The van der Waals surface area contributed by atoms with Crippen LogP contribution in [0.5, 0.6) is 0 Å². The molecular weight excluding hydrogens is 246 g/mol. The van der Waals surface area contributed by atoms with Gasteiger partial charge in [-0.3, -0.25) is 0 Å². The fraction of sp³-hybridized carbons (Fsp3) is 0.235. The minimum absolute atomic E-state index is 0.571. The van der Waals surface area contributed by atoms with Gasteiger partial charge in [0, 0.05) is 24.5 Å². The van der Waals surface area contributed by atoms with Gasteiger partial charge in [-0.1, -0.05) is 38.1 Å². The molecule has 0 bridgehead atoms. The number of imidazole rings is 1. The third-order valence-corrected chi connectivity index (χ3v) is 3.56. The summed E-state index contributed by atoms with van der Waals surface area (Å²) in [6.07, 6.45) is 4.79. The molecular formula is C17H19N3. The number of nitrogens with zero attached hydrogens (tertiary/aromatic N) is 2. The summed E-state index contributed by atoms with van der Waals surface area (Å²) in [7, 11) is 0. The number of rotatable bonds is 3. The van der Waals surface area contributed by atoms with Crippen LogP contribution >= 0.6 is 0 Å². The Morgan fingerprint density at radius 1 is 1.05 bits per heavy atom. The van der Waals surface area contributed by atoms with Crippen molar-refractivity contribution in [2.75, 3.05) is 5.73 Å². The highest BCUT2D eigenvalue weighted by atomic mass is 15.0. The summed E-state index contributed by atoms with van der Waals surface area (Å²) < 4.78 is 1.98. The Labute approximate surface area is 119 Å². The Morgan fingerprint density at radius 3 is 2.50 bits per heavy atom. The van der Waals surface area contributed by atoms with Gasteiger partial charge < -0.3 is 10.1 Å². The van der Waals surface area contributed by atoms with E-state index in [-0.39, 0.29) is 0 Å². The molecule has 0 aliphatic carbocycles. The first-order valence-electron chi connectivity index (χ1n) is 6.94. The molecule has 0 amide bonds. The number of fused-ring (bicyclic) bond motifs is 1. The standard InChI is InChI=1S/C17H19N3/c1-12(2)14-5-3-13(4-6-14)9-16-11-20-10-15(18)7-8-17(20)19-16/h3-8,10-12H,9,18H2,1-2H3. The van der Waals surface area contributed by atoms with Crippen molar-refractivity contribution in [3.63, 3.8) is 0 Å². The summed E-state index contributed by atoms with van der Waals surface area (Å²) in [5.74, 6) is 0.571. The van der Waals surface area contributed by atoms with Gasteiger partial charge in [-0.25, -0.2) is 4.98 Å². The molecule has 0 saturated heterocycles. The van der Waals surface area contributed by atoms with Gasteiger partial charge in [0.05, 0.1) is 5.69 Å². The summed E-state index contributed by atoms with van der Waals surface area (Å²) in [5.41, 5.74) is 11.2. The van der Waals surface area contributed by atoms with Crippen molar-refractivity contribution < 1.29 is 0 Å². The molecule has 0 saturated carbocycles. The Hall–Kier alpha value is -2.29. The van der Waals surface area contributed by atoms with Crippen LogP contribution in [0.4, 0.5) is 5.69 Å². The molecule has 3 nitrogen and oxygen atoms in total. The van der Waals surface area contributed by atoms with Gasteiger partial charge in [0.15, 0.2) is 0 Å². The maximum Gasteiger partial charge on any atom is 0.137 e. The van der Waals surface area contributed by atoms with Gasteiger partial charge >= 0.3 is 0 Å². The van der Waals surface area contributed by atoms with Gasteiger partial charge in [0.1, 0.15) is 5.65 Å². The number of hydrogen-bond donors (Lipinski definition) is 1. The first-order valence-corrected chi connectivity index (χ1v) is 6.94. The Morgan fingerprint density at radius 2 is 1.80 bits per heavy atom. The van der Waals surface area contributed by atoms with Crippen molar-refractivity contribution in [1.29, 1.82) is 0 Å². The zero-order chi connectivity index (χ0) is 14.1. The molecule has 0 aliphatic heterocycles.